The lowest BCUT2D eigenvalue weighted by Crippen LogP contribution is -2.37. The van der Waals surface area contributed by atoms with Crippen molar-refractivity contribution in [1.29, 1.82) is 0 Å². The molecule has 0 saturated carbocycles. The number of methoxy groups -OCH3 is 1. The van der Waals surface area contributed by atoms with Gasteiger partial charge in [0.05, 0.1) is 41.4 Å². The molecule has 0 radical (unpaired) electrons. The summed E-state index contributed by atoms with van der Waals surface area (Å²) in [5.41, 5.74) is 10.0. The molecule has 172 valence electrons. The summed E-state index contributed by atoms with van der Waals surface area (Å²) in [6.07, 6.45) is 5.17. The number of ether oxygens (including phenoxy) is 1. The van der Waals surface area contributed by atoms with E-state index >= 15 is 0 Å². The third-order valence-electron chi connectivity index (χ3n) is 6.12. The molecule has 1 fully saturated rings. The minimum atomic E-state index is -0.138. The van der Waals surface area contributed by atoms with Crippen LogP contribution in [0.3, 0.4) is 0 Å². The first-order chi connectivity index (χ1) is 16.5. The summed E-state index contributed by atoms with van der Waals surface area (Å²) >= 11 is 0. The number of carbonyl (C=O) groups excluding carboxylic acids is 1. The van der Waals surface area contributed by atoms with Gasteiger partial charge in [-0.2, -0.15) is 5.10 Å². The van der Waals surface area contributed by atoms with Crippen molar-refractivity contribution in [3.8, 4) is 11.8 Å². The molecule has 1 aliphatic heterocycles. The van der Waals surface area contributed by atoms with Gasteiger partial charge < -0.3 is 19.9 Å². The lowest BCUT2D eigenvalue weighted by Gasteiger charge is -2.22. The molecule has 5 rings (SSSR count). The van der Waals surface area contributed by atoms with E-state index in [1.807, 2.05) is 29.8 Å². The predicted molar refractivity (Wildman–Crippen MR) is 128 cm³/mol. The Morgan fingerprint density at radius 2 is 2.18 bits per heavy atom. The fourth-order valence-corrected chi connectivity index (χ4v) is 4.48. The van der Waals surface area contributed by atoms with E-state index in [1.54, 1.807) is 23.0 Å². The largest absolute Gasteiger partial charge is 0.383 e. The molecule has 0 aliphatic carbocycles. The molecule has 1 saturated heterocycles. The monoisotopic (exact) mass is 456 g/mol. The van der Waals surface area contributed by atoms with Crippen LogP contribution in [-0.2, 0) is 16.6 Å². The van der Waals surface area contributed by atoms with Crippen molar-refractivity contribution < 1.29 is 9.53 Å². The molecule has 10 nitrogen and oxygen atoms in total. The zero-order chi connectivity index (χ0) is 23.8. The normalized spacial score (nSPS) is 17.8. The number of aromatic nitrogens is 6. The van der Waals surface area contributed by atoms with Gasteiger partial charge in [0.25, 0.3) is 0 Å². The van der Waals surface area contributed by atoms with Gasteiger partial charge >= 0.3 is 0 Å². The molecule has 2 atom stereocenters. The van der Waals surface area contributed by atoms with Crippen LogP contribution >= 0.6 is 0 Å². The SMILES string of the molecule is C=CC(=O)N1C[C@@H](n2nc(C#Cc3ccc4ncn(C)c4c3)c3c(N)ncnc32)C[C@@H]1COC. The summed E-state index contributed by atoms with van der Waals surface area (Å²) in [5.74, 6) is 6.51. The molecule has 1 aromatic carbocycles. The first kappa shape index (κ1) is 21.6. The second-order valence-corrected chi connectivity index (χ2v) is 8.25. The molecule has 10 heteroatoms. The number of hydrogen-bond donors (Lipinski definition) is 1. The van der Waals surface area contributed by atoms with E-state index in [2.05, 4.69) is 33.4 Å². The highest BCUT2D eigenvalue weighted by atomic mass is 16.5. The van der Waals surface area contributed by atoms with E-state index in [4.69, 9.17) is 15.6 Å². The summed E-state index contributed by atoms with van der Waals surface area (Å²) in [4.78, 5) is 27.1. The number of nitrogens with two attached hydrogens (primary N) is 1. The molecule has 0 spiro atoms. The van der Waals surface area contributed by atoms with Gasteiger partial charge in [-0.3, -0.25) is 4.79 Å². The molecule has 0 unspecified atom stereocenters. The van der Waals surface area contributed by atoms with Crippen molar-refractivity contribution in [2.24, 2.45) is 7.05 Å². The van der Waals surface area contributed by atoms with Crippen LogP contribution in [0.5, 0.6) is 0 Å². The highest BCUT2D eigenvalue weighted by molar-refractivity contribution is 5.91. The van der Waals surface area contributed by atoms with Gasteiger partial charge in [-0.15, -0.1) is 0 Å². The van der Waals surface area contributed by atoms with Gasteiger partial charge in [0.15, 0.2) is 5.65 Å². The number of carbonyl (C=O) groups is 1. The predicted octanol–water partition coefficient (Wildman–Crippen LogP) is 1.67. The van der Waals surface area contributed by atoms with E-state index in [0.29, 0.717) is 42.1 Å². The highest BCUT2D eigenvalue weighted by Gasteiger charge is 2.37. The topological polar surface area (TPSA) is 117 Å². The number of benzene rings is 1. The Balaban J connectivity index is 1.55. The fourth-order valence-electron chi connectivity index (χ4n) is 4.48. The smallest absolute Gasteiger partial charge is 0.246 e. The number of nitrogens with zero attached hydrogens (tertiary/aromatic N) is 7. The Hall–Kier alpha value is -4.23. The molecule has 4 aromatic rings. The van der Waals surface area contributed by atoms with Crippen molar-refractivity contribution in [2.45, 2.75) is 18.5 Å². The maximum atomic E-state index is 12.4. The average molecular weight is 457 g/mol. The number of rotatable bonds is 4. The molecular formula is C24H24N8O2. The van der Waals surface area contributed by atoms with Gasteiger partial charge in [0, 0.05) is 26.3 Å². The zero-order valence-electron chi connectivity index (χ0n) is 19.0. The Labute approximate surface area is 196 Å². The summed E-state index contributed by atoms with van der Waals surface area (Å²) in [6, 6.07) is 5.65. The van der Waals surface area contributed by atoms with E-state index in [0.717, 1.165) is 16.6 Å². The number of aryl methyl sites for hydroxylation is 1. The van der Waals surface area contributed by atoms with E-state index < -0.39 is 0 Å². The molecule has 3 aromatic heterocycles. The number of hydrogen-bond acceptors (Lipinski definition) is 7. The van der Waals surface area contributed by atoms with Gasteiger partial charge in [-0.05, 0) is 36.6 Å². The third-order valence-corrected chi connectivity index (χ3v) is 6.12. The van der Waals surface area contributed by atoms with Gasteiger partial charge in [-0.1, -0.05) is 12.5 Å². The van der Waals surface area contributed by atoms with Gasteiger partial charge in [0.1, 0.15) is 17.8 Å². The summed E-state index contributed by atoms with van der Waals surface area (Å²) < 4.78 is 9.09. The Bertz CT molecular complexity index is 1470. The zero-order valence-corrected chi connectivity index (χ0v) is 19.0. The van der Waals surface area contributed by atoms with Crippen LogP contribution in [0.4, 0.5) is 5.82 Å². The molecule has 1 aliphatic rings. The lowest BCUT2D eigenvalue weighted by molar-refractivity contribution is -0.127. The number of nitrogen functional groups attached to an aromatic ring is 1. The van der Waals surface area contributed by atoms with Crippen LogP contribution in [0.2, 0.25) is 0 Å². The second kappa shape index (κ2) is 8.61. The molecule has 4 heterocycles. The number of amides is 1. The molecule has 34 heavy (non-hydrogen) atoms. The van der Waals surface area contributed by atoms with Crippen molar-refractivity contribution in [3.63, 3.8) is 0 Å². The van der Waals surface area contributed by atoms with Gasteiger partial charge in [0.2, 0.25) is 5.91 Å². The minimum Gasteiger partial charge on any atom is -0.383 e. The van der Waals surface area contributed by atoms with E-state index in [-0.39, 0.29) is 18.0 Å². The first-order valence-corrected chi connectivity index (χ1v) is 10.8. The number of imidazole rings is 1. The quantitative estimate of drug-likeness (QED) is 0.367. The standard InChI is InChI=1S/C24H24N8O2/c1-4-21(33)31-11-16(10-17(31)12-34-3)32-24-22(23(25)26-13-27-24)19(29-32)8-6-15-5-7-18-20(9-15)30(2)14-28-18/h4-5,7,9,13-14,16-17H,1,10-12H2,2-3H3,(H2,25,26,27)/t16-,17+/m0/s1. The molecule has 0 bridgehead atoms. The maximum absolute atomic E-state index is 12.4. The van der Waals surface area contributed by atoms with Crippen LogP contribution < -0.4 is 5.73 Å². The van der Waals surface area contributed by atoms with E-state index in [9.17, 15) is 4.79 Å². The molecule has 2 N–H and O–H groups in total. The van der Waals surface area contributed by atoms with Crippen LogP contribution in [-0.4, -0.2) is 66.4 Å². The third kappa shape index (κ3) is 3.66. The summed E-state index contributed by atoms with van der Waals surface area (Å²) in [6.45, 7) is 4.51. The van der Waals surface area contributed by atoms with Crippen LogP contribution in [0, 0.1) is 11.8 Å². The van der Waals surface area contributed by atoms with Gasteiger partial charge in [-0.25, -0.2) is 19.6 Å². The van der Waals surface area contributed by atoms with Crippen molar-refractivity contribution in [3.05, 3.63) is 54.8 Å². The first-order valence-electron chi connectivity index (χ1n) is 10.8. The van der Waals surface area contributed by atoms with E-state index in [1.165, 1.54) is 12.4 Å². The Morgan fingerprint density at radius 1 is 1.32 bits per heavy atom. The molecular weight excluding hydrogens is 432 g/mol. The number of fused-ring (bicyclic) bond motifs is 2. The highest BCUT2D eigenvalue weighted by Crippen LogP contribution is 2.32. The number of anilines is 1. The van der Waals surface area contributed by atoms with Crippen LogP contribution in [0.15, 0.2) is 43.5 Å². The second-order valence-electron chi connectivity index (χ2n) is 8.25. The van der Waals surface area contributed by atoms with Crippen molar-refractivity contribution in [2.75, 3.05) is 26.0 Å². The van der Waals surface area contributed by atoms with Crippen LogP contribution in [0.25, 0.3) is 22.1 Å². The average Bonchev–Trinajstić information content (AvgIpc) is 3.53. The maximum Gasteiger partial charge on any atom is 0.246 e. The summed E-state index contributed by atoms with van der Waals surface area (Å²) in [5, 5.41) is 5.37. The molecule has 1 amide bonds. The Morgan fingerprint density at radius 3 is 2.97 bits per heavy atom. The minimum absolute atomic E-state index is 0.0842. The lowest BCUT2D eigenvalue weighted by atomic mass is 10.2. The Kier molecular flexibility index (Phi) is 5.47. The van der Waals surface area contributed by atoms with Crippen molar-refractivity contribution >= 4 is 33.8 Å². The van der Waals surface area contributed by atoms with Crippen LogP contribution in [0.1, 0.15) is 23.7 Å². The fraction of sp³-hybridized carbons (Fsp3) is 0.292. The number of likely N-dealkylation sites (tertiary alicyclic amines) is 1. The summed E-state index contributed by atoms with van der Waals surface area (Å²) in [7, 11) is 3.57. The van der Waals surface area contributed by atoms with Crippen molar-refractivity contribution in [1.82, 2.24) is 34.2 Å².